The maximum Gasteiger partial charge on any atom is 0.391 e. The van der Waals surface area contributed by atoms with Crippen molar-refractivity contribution in [1.29, 1.82) is 0 Å². The van der Waals surface area contributed by atoms with Crippen molar-refractivity contribution in [1.82, 2.24) is 5.32 Å². The summed E-state index contributed by atoms with van der Waals surface area (Å²) >= 11 is 0. The second-order valence-electron chi connectivity index (χ2n) is 5.02. The van der Waals surface area contributed by atoms with E-state index in [9.17, 15) is 22.8 Å². The third kappa shape index (κ3) is 4.18. The van der Waals surface area contributed by atoms with Crippen LogP contribution < -0.4 is 14.8 Å². The van der Waals surface area contributed by atoms with Crippen molar-refractivity contribution in [3.63, 3.8) is 0 Å². The molecule has 1 amide bonds. The third-order valence-electron chi connectivity index (χ3n) is 3.26. The van der Waals surface area contributed by atoms with Gasteiger partial charge in [0.05, 0.1) is 19.1 Å². The summed E-state index contributed by atoms with van der Waals surface area (Å²) in [5.74, 6) is -1.84. The number of aliphatic carboxylic acids is 1. The summed E-state index contributed by atoms with van der Waals surface area (Å²) in [7, 11) is 1.44. The topological polar surface area (TPSA) is 84.9 Å². The van der Waals surface area contributed by atoms with Gasteiger partial charge in [0.15, 0.2) is 11.5 Å². The molecule has 0 aliphatic carbocycles. The molecule has 1 aliphatic rings. The van der Waals surface area contributed by atoms with Gasteiger partial charge < -0.3 is 19.9 Å². The van der Waals surface area contributed by atoms with Gasteiger partial charge in [-0.05, 0) is 12.1 Å². The maximum absolute atomic E-state index is 12.4. The average molecular weight is 345 g/mol. The van der Waals surface area contributed by atoms with Gasteiger partial charge in [-0.1, -0.05) is 12.1 Å². The fraction of sp³-hybridized carbons (Fsp3) is 0.333. The Bertz CT molecular complexity index is 684. The van der Waals surface area contributed by atoms with Crippen LogP contribution in [0.1, 0.15) is 12.0 Å². The maximum atomic E-state index is 12.4. The smallest absolute Gasteiger partial charge is 0.391 e. The number of hydrogen-bond acceptors (Lipinski definition) is 4. The van der Waals surface area contributed by atoms with E-state index in [4.69, 9.17) is 14.6 Å². The van der Waals surface area contributed by atoms with Crippen LogP contribution in [0.25, 0.3) is 6.08 Å². The largest absolute Gasteiger partial charge is 0.493 e. The lowest BCUT2D eigenvalue weighted by atomic mass is 10.1. The first-order valence-corrected chi connectivity index (χ1v) is 6.82. The Morgan fingerprint density at radius 3 is 2.71 bits per heavy atom. The van der Waals surface area contributed by atoms with Gasteiger partial charge >= 0.3 is 12.1 Å². The van der Waals surface area contributed by atoms with E-state index in [-0.39, 0.29) is 12.2 Å². The number of ether oxygens (including phenoxy) is 2. The molecular weight excluding hydrogens is 331 g/mol. The Morgan fingerprint density at radius 2 is 2.12 bits per heavy atom. The second kappa shape index (κ2) is 6.81. The standard InChI is InChI=1S/C15H14F3NO5/c1-23-11-4-2-3-8-5-9(7-24-12(8)11)13(20)19-10(14(21)22)6-15(16,17)18/h2-5,10H,6-7H2,1H3,(H,19,20)(H,21,22). The van der Waals surface area contributed by atoms with Gasteiger partial charge in [0.2, 0.25) is 0 Å². The Morgan fingerprint density at radius 1 is 1.42 bits per heavy atom. The number of methoxy groups -OCH3 is 1. The Hall–Kier alpha value is -2.71. The molecule has 1 aromatic carbocycles. The van der Waals surface area contributed by atoms with Crippen molar-refractivity contribution in [3.05, 3.63) is 29.3 Å². The molecule has 9 heteroatoms. The van der Waals surface area contributed by atoms with Crippen molar-refractivity contribution in [2.24, 2.45) is 0 Å². The first-order valence-electron chi connectivity index (χ1n) is 6.82. The van der Waals surface area contributed by atoms with Crippen molar-refractivity contribution in [2.45, 2.75) is 18.6 Å². The number of carbonyl (C=O) groups excluding carboxylic acids is 1. The van der Waals surface area contributed by atoms with Crippen LogP contribution in [0.3, 0.4) is 0 Å². The minimum atomic E-state index is -4.71. The first-order chi connectivity index (χ1) is 11.2. The highest BCUT2D eigenvalue weighted by atomic mass is 19.4. The molecule has 2 N–H and O–H groups in total. The fourth-order valence-electron chi connectivity index (χ4n) is 2.15. The highest BCUT2D eigenvalue weighted by molar-refractivity contribution is 6.01. The van der Waals surface area contributed by atoms with Crippen LogP contribution >= 0.6 is 0 Å². The monoisotopic (exact) mass is 345 g/mol. The molecule has 6 nitrogen and oxygen atoms in total. The zero-order valence-electron chi connectivity index (χ0n) is 12.5. The summed E-state index contributed by atoms with van der Waals surface area (Å²) in [6.07, 6.45) is -4.95. The van der Waals surface area contributed by atoms with E-state index >= 15 is 0 Å². The number of carboxylic acids is 1. The summed E-state index contributed by atoms with van der Waals surface area (Å²) in [5, 5.41) is 10.7. The normalized spacial score (nSPS) is 14.8. The number of carbonyl (C=O) groups is 2. The molecule has 24 heavy (non-hydrogen) atoms. The lowest BCUT2D eigenvalue weighted by molar-refractivity contribution is -0.159. The number of rotatable bonds is 5. The predicted octanol–water partition coefficient (Wildman–Crippen LogP) is 1.99. The van der Waals surface area contributed by atoms with Crippen LogP contribution in [0, 0.1) is 0 Å². The number of fused-ring (bicyclic) bond motifs is 1. The molecule has 1 unspecified atom stereocenters. The van der Waals surface area contributed by atoms with Crippen LogP contribution in [0.2, 0.25) is 0 Å². The van der Waals surface area contributed by atoms with Crippen molar-refractivity contribution < 1.29 is 37.3 Å². The number of carboxylic acid groups (broad SMARTS) is 1. The summed E-state index contributed by atoms with van der Waals surface area (Å²) in [4.78, 5) is 22.9. The minimum Gasteiger partial charge on any atom is -0.493 e. The average Bonchev–Trinajstić information content (AvgIpc) is 2.51. The summed E-state index contributed by atoms with van der Waals surface area (Å²) < 4.78 is 47.6. The van der Waals surface area contributed by atoms with Crippen LogP contribution in [0.5, 0.6) is 11.5 Å². The van der Waals surface area contributed by atoms with E-state index in [2.05, 4.69) is 0 Å². The van der Waals surface area contributed by atoms with Crippen molar-refractivity contribution in [3.8, 4) is 11.5 Å². The zero-order chi connectivity index (χ0) is 17.9. The molecule has 0 bridgehead atoms. The summed E-state index contributed by atoms with van der Waals surface area (Å²) in [6, 6.07) is 2.88. The number of nitrogens with one attached hydrogen (secondary N) is 1. The molecule has 0 spiro atoms. The fourth-order valence-corrected chi connectivity index (χ4v) is 2.15. The van der Waals surface area contributed by atoms with E-state index in [1.807, 2.05) is 5.32 Å². The lowest BCUT2D eigenvalue weighted by Gasteiger charge is -2.21. The van der Waals surface area contributed by atoms with Gasteiger partial charge in [-0.15, -0.1) is 0 Å². The van der Waals surface area contributed by atoms with Gasteiger partial charge in [0.1, 0.15) is 12.6 Å². The van der Waals surface area contributed by atoms with Gasteiger partial charge in [-0.3, -0.25) is 4.79 Å². The molecule has 2 rings (SSSR count). The zero-order valence-corrected chi connectivity index (χ0v) is 12.5. The van der Waals surface area contributed by atoms with Gasteiger partial charge in [0, 0.05) is 5.56 Å². The van der Waals surface area contributed by atoms with E-state index in [1.54, 1.807) is 18.2 Å². The highest BCUT2D eigenvalue weighted by Crippen LogP contribution is 2.35. The van der Waals surface area contributed by atoms with Crippen LogP contribution in [0.15, 0.2) is 23.8 Å². The molecule has 0 radical (unpaired) electrons. The lowest BCUT2D eigenvalue weighted by Crippen LogP contribution is -2.44. The first kappa shape index (κ1) is 17.6. The molecular formula is C15H14F3NO5. The Balaban J connectivity index is 2.17. The van der Waals surface area contributed by atoms with E-state index < -0.39 is 30.5 Å². The summed E-state index contributed by atoms with van der Waals surface area (Å²) in [6.45, 7) is -0.211. The molecule has 130 valence electrons. The van der Waals surface area contributed by atoms with Crippen LogP contribution in [-0.2, 0) is 9.59 Å². The Kier molecular flexibility index (Phi) is 5.01. The molecule has 0 fully saturated rings. The van der Waals surface area contributed by atoms with Crippen LogP contribution in [-0.4, -0.2) is 42.9 Å². The molecule has 0 aromatic heterocycles. The molecule has 0 saturated heterocycles. The van der Waals surface area contributed by atoms with Gasteiger partial charge in [-0.2, -0.15) is 13.2 Å². The van der Waals surface area contributed by atoms with Gasteiger partial charge in [-0.25, -0.2) is 4.79 Å². The molecule has 0 saturated carbocycles. The van der Waals surface area contributed by atoms with E-state index in [0.717, 1.165) is 0 Å². The van der Waals surface area contributed by atoms with Crippen LogP contribution in [0.4, 0.5) is 13.2 Å². The second-order valence-corrected chi connectivity index (χ2v) is 5.02. The number of alkyl halides is 3. The molecule has 1 aliphatic heterocycles. The molecule has 1 aromatic rings. The minimum absolute atomic E-state index is 0.0178. The Labute approximate surface area is 134 Å². The van der Waals surface area contributed by atoms with Gasteiger partial charge in [0.25, 0.3) is 5.91 Å². The number of hydrogen-bond donors (Lipinski definition) is 2. The van der Waals surface area contributed by atoms with Crippen molar-refractivity contribution >= 4 is 18.0 Å². The highest BCUT2D eigenvalue weighted by Gasteiger charge is 2.36. The number of benzene rings is 1. The molecule has 1 atom stereocenters. The third-order valence-corrected chi connectivity index (χ3v) is 3.26. The van der Waals surface area contributed by atoms with E-state index in [0.29, 0.717) is 17.1 Å². The number of amides is 1. The number of para-hydroxylation sites is 1. The SMILES string of the molecule is COc1cccc2c1OCC(C(=O)NC(CC(F)(F)F)C(=O)O)=C2. The quantitative estimate of drug-likeness (QED) is 0.853. The predicted molar refractivity (Wildman–Crippen MR) is 76.7 cm³/mol. The number of halogens is 3. The summed E-state index contributed by atoms with van der Waals surface area (Å²) in [5.41, 5.74) is 0.526. The molecule has 1 heterocycles. The van der Waals surface area contributed by atoms with E-state index in [1.165, 1.54) is 13.2 Å². The van der Waals surface area contributed by atoms with Crippen molar-refractivity contribution in [2.75, 3.05) is 13.7 Å².